The van der Waals surface area contributed by atoms with E-state index in [4.69, 9.17) is 17.3 Å². The molecule has 0 aliphatic heterocycles. The summed E-state index contributed by atoms with van der Waals surface area (Å²) < 4.78 is 5.04. The molecular formula is C25H27N5S2. The summed E-state index contributed by atoms with van der Waals surface area (Å²) in [6.45, 7) is 4.68. The van der Waals surface area contributed by atoms with Gasteiger partial charge in [0.2, 0.25) is 0 Å². The zero-order valence-corrected chi connectivity index (χ0v) is 19.9. The van der Waals surface area contributed by atoms with Crippen molar-refractivity contribution in [2.75, 3.05) is 6.54 Å². The lowest BCUT2D eigenvalue weighted by molar-refractivity contribution is 0.200. The summed E-state index contributed by atoms with van der Waals surface area (Å²) >= 11 is 7.77. The number of benzene rings is 1. The summed E-state index contributed by atoms with van der Waals surface area (Å²) in [6, 6.07) is 19.6. The van der Waals surface area contributed by atoms with Crippen LogP contribution in [-0.4, -0.2) is 30.8 Å². The zero-order valence-electron chi connectivity index (χ0n) is 18.2. The van der Waals surface area contributed by atoms with E-state index in [1.165, 1.54) is 28.2 Å². The van der Waals surface area contributed by atoms with Crippen LogP contribution in [0, 0.1) is 11.7 Å². The molecule has 3 heterocycles. The number of rotatable bonds is 9. The lowest BCUT2D eigenvalue weighted by Gasteiger charge is -2.21. The predicted molar refractivity (Wildman–Crippen MR) is 132 cm³/mol. The second kappa shape index (κ2) is 9.48. The van der Waals surface area contributed by atoms with Gasteiger partial charge in [0.25, 0.3) is 0 Å². The largest absolute Gasteiger partial charge is 0.297 e. The van der Waals surface area contributed by atoms with Gasteiger partial charge in [0.15, 0.2) is 10.6 Å². The van der Waals surface area contributed by atoms with Gasteiger partial charge in [-0.3, -0.25) is 14.5 Å². The Bertz CT molecular complexity index is 1220. The minimum absolute atomic E-state index is 0.462. The van der Waals surface area contributed by atoms with E-state index >= 15 is 0 Å². The maximum absolute atomic E-state index is 5.91. The van der Waals surface area contributed by atoms with Crippen molar-refractivity contribution in [2.24, 2.45) is 0 Å². The van der Waals surface area contributed by atoms with Crippen LogP contribution >= 0.6 is 23.6 Å². The lowest BCUT2D eigenvalue weighted by atomic mass is 10.1. The molecule has 0 unspecified atom stereocenters. The van der Waals surface area contributed by atoms with Crippen LogP contribution in [0.2, 0.25) is 0 Å². The van der Waals surface area contributed by atoms with E-state index in [0.29, 0.717) is 12.7 Å². The van der Waals surface area contributed by atoms with E-state index < -0.39 is 0 Å². The Kier molecular flexibility index (Phi) is 6.30. The Balaban J connectivity index is 1.42. The highest BCUT2D eigenvalue weighted by Gasteiger charge is 2.29. The molecule has 0 bridgehead atoms. The van der Waals surface area contributed by atoms with Gasteiger partial charge >= 0.3 is 0 Å². The highest BCUT2D eigenvalue weighted by atomic mass is 32.1. The predicted octanol–water partition coefficient (Wildman–Crippen LogP) is 5.88. The topological polar surface area (TPSA) is 38.9 Å². The second-order valence-corrected chi connectivity index (χ2v) is 10.1. The van der Waals surface area contributed by atoms with Crippen molar-refractivity contribution in [3.05, 3.63) is 87.1 Å². The molecule has 1 saturated carbocycles. The van der Waals surface area contributed by atoms with E-state index in [0.717, 1.165) is 35.7 Å². The molecule has 1 aliphatic rings. The molecule has 1 fully saturated rings. The second-order valence-electron chi connectivity index (χ2n) is 8.39. The van der Waals surface area contributed by atoms with Crippen molar-refractivity contribution in [1.29, 1.82) is 0 Å². The van der Waals surface area contributed by atoms with Gasteiger partial charge in [-0.2, -0.15) is 5.10 Å². The third-order valence-corrected chi connectivity index (χ3v) is 7.16. The number of aromatic nitrogens is 4. The van der Waals surface area contributed by atoms with Crippen molar-refractivity contribution in [3.63, 3.8) is 0 Å². The van der Waals surface area contributed by atoms with Crippen molar-refractivity contribution < 1.29 is 0 Å². The van der Waals surface area contributed by atoms with Crippen molar-refractivity contribution in [3.8, 4) is 11.4 Å². The molecule has 4 aromatic rings. The average molecular weight is 462 g/mol. The minimum Gasteiger partial charge on any atom is -0.297 e. The molecule has 0 saturated heterocycles. The molecule has 0 amide bonds. The monoisotopic (exact) mass is 461 g/mol. The lowest BCUT2D eigenvalue weighted by Crippen LogP contribution is -2.28. The summed E-state index contributed by atoms with van der Waals surface area (Å²) in [4.78, 5) is 9.46. The van der Waals surface area contributed by atoms with E-state index in [1.54, 1.807) is 6.20 Å². The molecular weight excluding hydrogens is 434 g/mol. The normalized spacial score (nSPS) is 13.7. The van der Waals surface area contributed by atoms with Crippen molar-refractivity contribution >= 4 is 23.6 Å². The number of pyridine rings is 1. The first kappa shape index (κ1) is 21.2. The number of hydrogen-bond acceptors (Lipinski definition) is 5. The van der Waals surface area contributed by atoms with Crippen LogP contribution in [-0.2, 0) is 19.6 Å². The van der Waals surface area contributed by atoms with Crippen LogP contribution in [0.1, 0.15) is 34.2 Å². The van der Waals surface area contributed by atoms with Crippen molar-refractivity contribution in [1.82, 2.24) is 24.2 Å². The summed E-state index contributed by atoms with van der Waals surface area (Å²) in [5, 5.41) is 4.98. The van der Waals surface area contributed by atoms with Gasteiger partial charge < -0.3 is 0 Å². The van der Waals surface area contributed by atoms with Crippen LogP contribution in [0.4, 0.5) is 0 Å². The first-order valence-corrected chi connectivity index (χ1v) is 12.3. The summed E-state index contributed by atoms with van der Waals surface area (Å²) in [5.74, 6) is 0.931. The first-order chi connectivity index (χ1) is 15.7. The first-order valence-electron chi connectivity index (χ1n) is 11.1. The average Bonchev–Trinajstić information content (AvgIpc) is 3.49. The fourth-order valence-electron chi connectivity index (χ4n) is 3.98. The van der Waals surface area contributed by atoms with Crippen LogP contribution in [0.25, 0.3) is 11.4 Å². The summed E-state index contributed by atoms with van der Waals surface area (Å²) in [7, 11) is 0. The van der Waals surface area contributed by atoms with Gasteiger partial charge in [0.05, 0.1) is 6.67 Å². The summed E-state index contributed by atoms with van der Waals surface area (Å²) in [5.41, 5.74) is 2.37. The molecule has 164 valence electrons. The Morgan fingerprint density at radius 1 is 1.09 bits per heavy atom. The van der Waals surface area contributed by atoms with Crippen LogP contribution < -0.4 is 0 Å². The Morgan fingerprint density at radius 3 is 2.62 bits per heavy atom. The van der Waals surface area contributed by atoms with Gasteiger partial charge in [0, 0.05) is 46.8 Å². The van der Waals surface area contributed by atoms with E-state index in [9.17, 15) is 0 Å². The molecule has 5 rings (SSSR count). The highest BCUT2D eigenvalue weighted by molar-refractivity contribution is 7.71. The fraction of sp³-hybridized carbons (Fsp3) is 0.320. The van der Waals surface area contributed by atoms with E-state index in [1.807, 2.05) is 28.3 Å². The van der Waals surface area contributed by atoms with Gasteiger partial charge in [-0.15, -0.1) is 11.3 Å². The summed E-state index contributed by atoms with van der Waals surface area (Å²) in [6.07, 6.45) is 7.00. The highest BCUT2D eigenvalue weighted by Crippen LogP contribution is 2.38. The van der Waals surface area contributed by atoms with Gasteiger partial charge in [-0.25, -0.2) is 4.68 Å². The van der Waals surface area contributed by atoms with Crippen LogP contribution in [0.5, 0.6) is 0 Å². The molecule has 1 aromatic carbocycles. The number of aryl methyl sites for hydroxylation is 1. The Labute approximate surface area is 198 Å². The third kappa shape index (κ3) is 4.90. The standard InChI is InChI=1S/C25H27N5S2/c1-19-9-12-23(32-19)17-28(15-13-20-6-3-2-4-7-20)18-29-25(31)30(22-10-11-22)24(27-29)21-8-5-14-26-16-21/h2-9,12,14,16,22H,10-11,13,15,17-18H2,1H3. The van der Waals surface area contributed by atoms with E-state index in [-0.39, 0.29) is 0 Å². The Hall–Kier alpha value is -2.61. The molecule has 0 atom stereocenters. The molecule has 0 spiro atoms. The Morgan fingerprint density at radius 2 is 1.94 bits per heavy atom. The number of hydrogen-bond donors (Lipinski definition) is 0. The quantitative estimate of drug-likeness (QED) is 0.292. The third-order valence-electron chi connectivity index (χ3n) is 5.77. The van der Waals surface area contributed by atoms with Crippen molar-refractivity contribution in [2.45, 2.75) is 45.4 Å². The minimum atomic E-state index is 0.462. The van der Waals surface area contributed by atoms with Crippen LogP contribution in [0.15, 0.2) is 67.0 Å². The van der Waals surface area contributed by atoms with E-state index in [2.05, 4.69) is 69.9 Å². The number of nitrogens with zero attached hydrogens (tertiary/aromatic N) is 5. The molecule has 7 heteroatoms. The molecule has 32 heavy (non-hydrogen) atoms. The molecule has 0 N–H and O–H groups in total. The molecule has 3 aromatic heterocycles. The smallest absolute Gasteiger partial charge is 0.199 e. The number of thiophene rings is 1. The zero-order chi connectivity index (χ0) is 21.9. The molecule has 1 aliphatic carbocycles. The SMILES string of the molecule is Cc1ccc(CN(CCc2ccccc2)Cn2nc(-c3cccnc3)n(C3CC3)c2=S)s1. The van der Waals surface area contributed by atoms with Gasteiger partial charge in [-0.05, 0) is 68.2 Å². The molecule has 0 radical (unpaired) electrons. The van der Waals surface area contributed by atoms with Gasteiger partial charge in [0.1, 0.15) is 0 Å². The van der Waals surface area contributed by atoms with Crippen LogP contribution in [0.3, 0.4) is 0 Å². The molecule has 5 nitrogen and oxygen atoms in total. The van der Waals surface area contributed by atoms with Gasteiger partial charge in [-0.1, -0.05) is 30.3 Å². The maximum atomic E-state index is 5.91. The fourth-order valence-corrected chi connectivity index (χ4v) is 5.24. The maximum Gasteiger partial charge on any atom is 0.199 e.